The van der Waals surface area contributed by atoms with E-state index in [1.54, 1.807) is 11.3 Å². The first-order chi connectivity index (χ1) is 13.2. The van der Waals surface area contributed by atoms with E-state index in [4.69, 9.17) is 4.98 Å². The van der Waals surface area contributed by atoms with Gasteiger partial charge in [0.25, 0.3) is 0 Å². The van der Waals surface area contributed by atoms with E-state index in [0.29, 0.717) is 6.04 Å². The zero-order valence-electron chi connectivity index (χ0n) is 16.5. The lowest BCUT2D eigenvalue weighted by atomic mass is 9.90. The highest BCUT2D eigenvalue weighted by Crippen LogP contribution is 2.41. The molecule has 3 heteroatoms. The molecule has 1 aromatic carbocycles. The van der Waals surface area contributed by atoms with Crippen molar-refractivity contribution in [2.45, 2.75) is 58.5 Å². The third-order valence-corrected chi connectivity index (χ3v) is 6.52. The zero-order chi connectivity index (χ0) is 18.4. The fourth-order valence-electron chi connectivity index (χ4n) is 5.10. The fourth-order valence-corrected chi connectivity index (χ4v) is 5.10. The first-order valence-electron chi connectivity index (χ1n) is 10.5. The number of hydrogen-bond acceptors (Lipinski definition) is 2. The highest BCUT2D eigenvalue weighted by molar-refractivity contribution is 5.82. The highest BCUT2D eigenvalue weighted by Gasteiger charge is 2.34. The summed E-state index contributed by atoms with van der Waals surface area (Å²) in [6.07, 6.45) is 6.24. The van der Waals surface area contributed by atoms with Crippen LogP contribution in [-0.4, -0.2) is 27.5 Å². The van der Waals surface area contributed by atoms with Gasteiger partial charge >= 0.3 is 0 Å². The Bertz CT molecular complexity index is 967. The van der Waals surface area contributed by atoms with Crippen molar-refractivity contribution in [3.05, 3.63) is 64.5 Å². The lowest BCUT2D eigenvalue weighted by molar-refractivity contribution is 0.138. The number of piperidine rings is 1. The molecule has 140 valence electrons. The van der Waals surface area contributed by atoms with E-state index in [1.165, 1.54) is 54.5 Å². The molecule has 0 bridgehead atoms. The molecule has 0 radical (unpaired) electrons. The molecule has 3 aromatic rings. The Balaban J connectivity index is 1.57. The van der Waals surface area contributed by atoms with Crippen molar-refractivity contribution in [2.24, 2.45) is 0 Å². The average molecular weight is 360 g/mol. The van der Waals surface area contributed by atoms with Gasteiger partial charge in [0, 0.05) is 42.5 Å². The van der Waals surface area contributed by atoms with Gasteiger partial charge in [-0.15, -0.1) is 0 Å². The third kappa shape index (κ3) is 2.98. The van der Waals surface area contributed by atoms with E-state index >= 15 is 0 Å². The Morgan fingerprint density at radius 3 is 2.70 bits per heavy atom. The Kier molecular flexibility index (Phi) is 4.28. The predicted octanol–water partition coefficient (Wildman–Crippen LogP) is 4.98. The number of nitrogens with zero attached hydrogens (tertiary/aromatic N) is 3. The molecule has 3 nitrogen and oxygen atoms in total. The maximum absolute atomic E-state index is 5.02. The summed E-state index contributed by atoms with van der Waals surface area (Å²) in [7, 11) is 0. The van der Waals surface area contributed by atoms with Gasteiger partial charge in [-0.05, 0) is 57.4 Å². The van der Waals surface area contributed by atoms with Crippen molar-refractivity contribution < 1.29 is 0 Å². The molecule has 2 aliphatic heterocycles. The first-order valence-corrected chi connectivity index (χ1v) is 10.5. The average Bonchev–Trinajstić information content (AvgIpc) is 3.01. The van der Waals surface area contributed by atoms with Gasteiger partial charge in [0.1, 0.15) is 0 Å². The van der Waals surface area contributed by atoms with Gasteiger partial charge in [-0.3, -0.25) is 9.88 Å². The minimum Gasteiger partial charge on any atom is -0.343 e. The standard InChI is InChI=1S/C24H29N3/c1-17-6-9-19(10-7-17)12-16-27-21-13-15-26-14-4-3-5-20(26)23(21)24-22(27)11-8-18(2)25-24/h6-11,20H,3-5,12-16H2,1-2H3. The Labute approximate surface area is 162 Å². The molecule has 1 saturated heterocycles. The van der Waals surface area contributed by atoms with Crippen LogP contribution in [-0.2, 0) is 19.4 Å². The Morgan fingerprint density at radius 1 is 1.00 bits per heavy atom. The second-order valence-corrected chi connectivity index (χ2v) is 8.37. The van der Waals surface area contributed by atoms with Crippen LogP contribution in [0, 0.1) is 13.8 Å². The quantitative estimate of drug-likeness (QED) is 0.658. The molecule has 1 unspecified atom stereocenters. The van der Waals surface area contributed by atoms with E-state index in [1.807, 2.05) is 0 Å². The molecular weight excluding hydrogens is 330 g/mol. The number of fused-ring (bicyclic) bond motifs is 5. The topological polar surface area (TPSA) is 21.1 Å². The van der Waals surface area contributed by atoms with Crippen molar-refractivity contribution >= 4 is 11.0 Å². The smallest absolute Gasteiger partial charge is 0.0934 e. The third-order valence-electron chi connectivity index (χ3n) is 6.52. The lowest BCUT2D eigenvalue weighted by Crippen LogP contribution is -2.39. The van der Waals surface area contributed by atoms with Crippen LogP contribution in [0.3, 0.4) is 0 Å². The summed E-state index contributed by atoms with van der Waals surface area (Å²) in [4.78, 5) is 7.73. The summed E-state index contributed by atoms with van der Waals surface area (Å²) in [5, 5.41) is 0. The summed E-state index contributed by atoms with van der Waals surface area (Å²) in [6, 6.07) is 14.1. The zero-order valence-corrected chi connectivity index (χ0v) is 16.5. The van der Waals surface area contributed by atoms with E-state index in [9.17, 15) is 0 Å². The first kappa shape index (κ1) is 17.0. The van der Waals surface area contributed by atoms with Crippen molar-refractivity contribution in [3.8, 4) is 0 Å². The van der Waals surface area contributed by atoms with Crippen molar-refractivity contribution in [2.75, 3.05) is 13.1 Å². The van der Waals surface area contributed by atoms with Crippen LogP contribution in [0.2, 0.25) is 0 Å². The Morgan fingerprint density at radius 2 is 1.85 bits per heavy atom. The molecule has 1 atom stereocenters. The monoisotopic (exact) mass is 359 g/mol. The van der Waals surface area contributed by atoms with Gasteiger partial charge in [0.15, 0.2) is 0 Å². The van der Waals surface area contributed by atoms with Crippen LogP contribution in [0.1, 0.15) is 53.4 Å². The summed E-state index contributed by atoms with van der Waals surface area (Å²) in [6.45, 7) is 7.79. The van der Waals surface area contributed by atoms with Crippen molar-refractivity contribution in [3.63, 3.8) is 0 Å². The van der Waals surface area contributed by atoms with Crippen molar-refractivity contribution in [1.29, 1.82) is 0 Å². The van der Waals surface area contributed by atoms with Gasteiger partial charge in [-0.1, -0.05) is 36.2 Å². The molecule has 0 saturated carbocycles. The summed E-state index contributed by atoms with van der Waals surface area (Å²) >= 11 is 0. The summed E-state index contributed by atoms with van der Waals surface area (Å²) in [5.41, 5.74) is 9.59. The van der Waals surface area contributed by atoms with Gasteiger partial charge in [0.2, 0.25) is 0 Å². The maximum atomic E-state index is 5.02. The lowest BCUT2D eigenvalue weighted by Gasteiger charge is -2.39. The number of aromatic nitrogens is 2. The normalized spacial score (nSPS) is 19.9. The number of benzene rings is 1. The molecule has 2 aliphatic rings. The van der Waals surface area contributed by atoms with Crippen LogP contribution in [0.5, 0.6) is 0 Å². The van der Waals surface area contributed by atoms with E-state index < -0.39 is 0 Å². The number of aryl methyl sites for hydroxylation is 4. The molecule has 0 spiro atoms. The minimum atomic E-state index is 0.583. The molecule has 27 heavy (non-hydrogen) atoms. The van der Waals surface area contributed by atoms with Crippen LogP contribution in [0.4, 0.5) is 0 Å². The van der Waals surface area contributed by atoms with Crippen LogP contribution in [0.15, 0.2) is 36.4 Å². The summed E-state index contributed by atoms with van der Waals surface area (Å²) < 4.78 is 2.59. The molecule has 2 aromatic heterocycles. The molecule has 4 heterocycles. The largest absolute Gasteiger partial charge is 0.343 e. The maximum Gasteiger partial charge on any atom is 0.0934 e. The van der Waals surface area contributed by atoms with Gasteiger partial charge in [0.05, 0.1) is 11.0 Å². The highest BCUT2D eigenvalue weighted by atomic mass is 15.2. The van der Waals surface area contributed by atoms with Crippen LogP contribution < -0.4 is 0 Å². The fraction of sp³-hybridized carbons (Fsp3) is 0.458. The van der Waals surface area contributed by atoms with Gasteiger partial charge in [-0.25, -0.2) is 0 Å². The summed E-state index contributed by atoms with van der Waals surface area (Å²) in [5.74, 6) is 0. The molecule has 5 rings (SSSR count). The second kappa shape index (κ2) is 6.79. The number of rotatable bonds is 3. The molecule has 0 N–H and O–H groups in total. The van der Waals surface area contributed by atoms with Gasteiger partial charge in [-0.2, -0.15) is 0 Å². The molecule has 1 fully saturated rings. The predicted molar refractivity (Wildman–Crippen MR) is 111 cm³/mol. The SMILES string of the molecule is Cc1ccc(CCn2c3c(c4nc(C)ccc42)C2CCCCN2CC3)cc1. The van der Waals surface area contributed by atoms with Gasteiger partial charge < -0.3 is 4.57 Å². The van der Waals surface area contributed by atoms with Crippen LogP contribution >= 0.6 is 0 Å². The number of pyridine rings is 1. The van der Waals surface area contributed by atoms with E-state index in [0.717, 1.165) is 25.1 Å². The minimum absolute atomic E-state index is 0.583. The molecule has 0 amide bonds. The molecular formula is C24H29N3. The molecule has 0 aliphatic carbocycles. The van der Waals surface area contributed by atoms with Crippen molar-refractivity contribution in [1.82, 2.24) is 14.5 Å². The van der Waals surface area contributed by atoms with Crippen LogP contribution in [0.25, 0.3) is 11.0 Å². The Hall–Kier alpha value is -2.13. The van der Waals surface area contributed by atoms with E-state index in [2.05, 4.69) is 59.7 Å². The van der Waals surface area contributed by atoms with E-state index in [-0.39, 0.29) is 0 Å². The number of hydrogen-bond donors (Lipinski definition) is 0. The second-order valence-electron chi connectivity index (χ2n) is 8.37.